The molecule has 0 aromatic heterocycles. The number of carbonyl (C=O) groups excluding carboxylic acids is 3. The summed E-state index contributed by atoms with van der Waals surface area (Å²) in [5.41, 5.74) is 6.92. The van der Waals surface area contributed by atoms with Gasteiger partial charge in [0, 0.05) is 22.4 Å². The van der Waals surface area contributed by atoms with Gasteiger partial charge in [0.25, 0.3) is 11.8 Å². The van der Waals surface area contributed by atoms with Gasteiger partial charge in [-0.15, -0.1) is 11.8 Å². The summed E-state index contributed by atoms with van der Waals surface area (Å²) in [6.45, 7) is 1.81. The van der Waals surface area contributed by atoms with E-state index in [0.717, 1.165) is 35.6 Å². The van der Waals surface area contributed by atoms with E-state index >= 15 is 0 Å². The van der Waals surface area contributed by atoms with E-state index < -0.39 is 28.9 Å². The standard InChI is InChI=1S/C19H21FN2O4S/c1-3-26-19(25)16(27-2)14-13(21)9-8-12(20)15(14)22-17(23)10-6-4-5-7-11(10)18(22)24/h8-9,16H,3-7,21H2,1-2H3. The molecule has 27 heavy (non-hydrogen) atoms. The van der Waals surface area contributed by atoms with Crippen LogP contribution >= 0.6 is 11.8 Å². The predicted octanol–water partition coefficient (Wildman–Crippen LogP) is 3.12. The summed E-state index contributed by atoms with van der Waals surface area (Å²) in [4.78, 5) is 39.0. The summed E-state index contributed by atoms with van der Waals surface area (Å²) in [5.74, 6) is -2.42. The van der Waals surface area contributed by atoms with Gasteiger partial charge < -0.3 is 10.5 Å². The molecule has 1 atom stereocenters. The van der Waals surface area contributed by atoms with Crippen LogP contribution < -0.4 is 10.6 Å². The summed E-state index contributed by atoms with van der Waals surface area (Å²) >= 11 is 1.11. The number of halogens is 1. The molecular formula is C19H21FN2O4S. The van der Waals surface area contributed by atoms with Crippen molar-refractivity contribution in [3.63, 3.8) is 0 Å². The van der Waals surface area contributed by atoms with Gasteiger partial charge in [-0.25, -0.2) is 9.29 Å². The Labute approximate surface area is 160 Å². The van der Waals surface area contributed by atoms with Crippen LogP contribution in [0.5, 0.6) is 0 Å². The van der Waals surface area contributed by atoms with E-state index in [1.165, 1.54) is 6.07 Å². The Balaban J connectivity index is 2.14. The molecule has 2 aliphatic rings. The lowest BCUT2D eigenvalue weighted by atomic mass is 9.93. The van der Waals surface area contributed by atoms with E-state index in [1.807, 2.05) is 0 Å². The van der Waals surface area contributed by atoms with Gasteiger partial charge in [0.15, 0.2) is 0 Å². The van der Waals surface area contributed by atoms with Gasteiger partial charge >= 0.3 is 5.97 Å². The maximum Gasteiger partial charge on any atom is 0.323 e. The number of rotatable bonds is 5. The molecule has 1 aliphatic carbocycles. The quantitative estimate of drug-likeness (QED) is 0.470. The molecule has 0 saturated carbocycles. The molecule has 1 heterocycles. The summed E-state index contributed by atoms with van der Waals surface area (Å²) in [5, 5.41) is -0.950. The van der Waals surface area contributed by atoms with Crippen LogP contribution in [0.3, 0.4) is 0 Å². The Morgan fingerprint density at radius 1 is 1.26 bits per heavy atom. The Morgan fingerprint density at radius 3 is 2.37 bits per heavy atom. The van der Waals surface area contributed by atoms with Crippen LogP contribution in [-0.4, -0.2) is 30.6 Å². The minimum Gasteiger partial charge on any atom is -0.465 e. The zero-order valence-electron chi connectivity index (χ0n) is 15.2. The number of amides is 2. The minimum atomic E-state index is -0.950. The van der Waals surface area contributed by atoms with E-state index in [1.54, 1.807) is 13.2 Å². The number of nitrogens with zero attached hydrogens (tertiary/aromatic N) is 1. The molecule has 2 N–H and O–H groups in total. The number of carbonyl (C=O) groups is 3. The Bertz CT molecular complexity index is 824. The number of hydrogen-bond acceptors (Lipinski definition) is 6. The Kier molecular flexibility index (Phi) is 5.55. The number of imide groups is 1. The molecule has 1 aromatic rings. The van der Waals surface area contributed by atoms with E-state index in [9.17, 15) is 18.8 Å². The first-order chi connectivity index (χ1) is 12.9. The molecule has 8 heteroatoms. The van der Waals surface area contributed by atoms with Gasteiger partial charge in [0.2, 0.25) is 0 Å². The molecule has 1 unspecified atom stereocenters. The normalized spacial score (nSPS) is 18.0. The van der Waals surface area contributed by atoms with Gasteiger partial charge in [-0.1, -0.05) is 0 Å². The number of benzene rings is 1. The van der Waals surface area contributed by atoms with E-state index in [0.29, 0.717) is 24.0 Å². The van der Waals surface area contributed by atoms with Crippen LogP contribution in [0, 0.1) is 5.82 Å². The highest BCUT2D eigenvalue weighted by molar-refractivity contribution is 7.99. The predicted molar refractivity (Wildman–Crippen MR) is 102 cm³/mol. The number of anilines is 2. The molecular weight excluding hydrogens is 371 g/mol. The number of thioether (sulfide) groups is 1. The zero-order chi connectivity index (χ0) is 19.7. The minimum absolute atomic E-state index is 0.0995. The first-order valence-corrected chi connectivity index (χ1v) is 10.1. The summed E-state index contributed by atoms with van der Waals surface area (Å²) in [6.07, 6.45) is 4.29. The number of nitrogen functional groups attached to an aromatic ring is 1. The molecule has 3 rings (SSSR count). The third-order valence-corrected chi connectivity index (χ3v) is 5.71. The van der Waals surface area contributed by atoms with Crippen molar-refractivity contribution in [1.82, 2.24) is 0 Å². The average molecular weight is 392 g/mol. The molecule has 0 fully saturated rings. The van der Waals surface area contributed by atoms with Crippen LogP contribution in [0.1, 0.15) is 43.4 Å². The van der Waals surface area contributed by atoms with E-state index in [2.05, 4.69) is 0 Å². The van der Waals surface area contributed by atoms with Gasteiger partial charge in [-0.3, -0.25) is 14.4 Å². The van der Waals surface area contributed by atoms with Crippen LogP contribution in [0.4, 0.5) is 15.8 Å². The lowest BCUT2D eigenvalue weighted by Crippen LogP contribution is -2.34. The zero-order valence-corrected chi connectivity index (χ0v) is 16.0. The summed E-state index contributed by atoms with van der Waals surface area (Å²) in [7, 11) is 0. The molecule has 1 aliphatic heterocycles. The second-order valence-corrected chi connectivity index (χ2v) is 7.32. The van der Waals surface area contributed by atoms with Crippen molar-refractivity contribution in [2.75, 3.05) is 23.5 Å². The first-order valence-electron chi connectivity index (χ1n) is 8.80. The van der Waals surface area contributed by atoms with Crippen molar-refractivity contribution in [3.05, 3.63) is 34.7 Å². The highest BCUT2D eigenvalue weighted by Crippen LogP contribution is 2.44. The lowest BCUT2D eigenvalue weighted by molar-refractivity contribution is -0.142. The molecule has 0 bridgehead atoms. The number of nitrogens with two attached hydrogens (primary N) is 1. The molecule has 1 aromatic carbocycles. The lowest BCUT2D eigenvalue weighted by Gasteiger charge is -2.24. The SMILES string of the molecule is CCOC(=O)C(SC)c1c(N)ccc(F)c1N1C(=O)C2=C(CCCC2)C1=O. The van der Waals surface area contributed by atoms with Crippen LogP contribution in [-0.2, 0) is 19.1 Å². The second kappa shape index (κ2) is 7.72. The Morgan fingerprint density at radius 2 is 1.85 bits per heavy atom. The maximum atomic E-state index is 14.9. The maximum absolute atomic E-state index is 14.9. The molecule has 0 saturated heterocycles. The van der Waals surface area contributed by atoms with Crippen molar-refractivity contribution in [1.29, 1.82) is 0 Å². The number of hydrogen-bond donors (Lipinski definition) is 1. The van der Waals surface area contributed by atoms with Gasteiger partial charge in [0.1, 0.15) is 11.1 Å². The molecule has 0 spiro atoms. The molecule has 0 radical (unpaired) electrons. The second-order valence-electron chi connectivity index (χ2n) is 6.38. The van der Waals surface area contributed by atoms with Gasteiger partial charge in [-0.2, -0.15) is 0 Å². The van der Waals surface area contributed by atoms with E-state index in [-0.39, 0.29) is 23.5 Å². The highest BCUT2D eigenvalue weighted by atomic mass is 32.2. The third kappa shape index (κ3) is 3.22. The monoisotopic (exact) mass is 392 g/mol. The van der Waals surface area contributed by atoms with Crippen molar-refractivity contribution < 1.29 is 23.5 Å². The third-order valence-electron chi connectivity index (χ3n) is 4.81. The Hall–Kier alpha value is -2.35. The fourth-order valence-electron chi connectivity index (χ4n) is 3.59. The highest BCUT2D eigenvalue weighted by Gasteiger charge is 2.43. The van der Waals surface area contributed by atoms with Gasteiger partial charge in [-0.05, 0) is 51.0 Å². The average Bonchev–Trinajstić information content (AvgIpc) is 2.90. The van der Waals surface area contributed by atoms with Gasteiger partial charge in [0.05, 0.1) is 12.3 Å². The van der Waals surface area contributed by atoms with Crippen LogP contribution in [0.25, 0.3) is 0 Å². The summed E-state index contributed by atoms with van der Waals surface area (Å²) in [6, 6.07) is 2.43. The van der Waals surface area contributed by atoms with Crippen LogP contribution in [0.2, 0.25) is 0 Å². The van der Waals surface area contributed by atoms with Crippen molar-refractivity contribution in [2.24, 2.45) is 0 Å². The van der Waals surface area contributed by atoms with E-state index in [4.69, 9.17) is 10.5 Å². The molecule has 6 nitrogen and oxygen atoms in total. The topological polar surface area (TPSA) is 89.7 Å². The first kappa shape index (κ1) is 19.4. The fourth-order valence-corrected chi connectivity index (χ4v) is 4.34. The molecule has 2 amide bonds. The number of esters is 1. The number of ether oxygens (including phenoxy) is 1. The van der Waals surface area contributed by atoms with Crippen molar-refractivity contribution >= 4 is 40.9 Å². The molecule has 144 valence electrons. The smallest absolute Gasteiger partial charge is 0.323 e. The van der Waals surface area contributed by atoms with Crippen molar-refractivity contribution in [3.8, 4) is 0 Å². The van der Waals surface area contributed by atoms with Crippen LogP contribution in [0.15, 0.2) is 23.3 Å². The largest absolute Gasteiger partial charge is 0.465 e. The van der Waals surface area contributed by atoms with Crippen molar-refractivity contribution in [2.45, 2.75) is 37.9 Å². The summed E-state index contributed by atoms with van der Waals surface area (Å²) < 4.78 is 19.9. The fraction of sp³-hybridized carbons (Fsp3) is 0.421.